The molecule has 4 nitrogen and oxygen atoms in total. The highest BCUT2D eigenvalue weighted by molar-refractivity contribution is 6.13. The SMILES string of the molecule is CN1CC[C@@]23C1=Nc1ccccc1[C@@]21CCN(C)C1=Nc1ccccc13. The Labute approximate surface area is 153 Å². The number of likely N-dealkylation sites (N-methyl/N-ethyl adjacent to an activating group) is 2. The van der Waals surface area contributed by atoms with Crippen molar-refractivity contribution in [2.75, 3.05) is 27.2 Å². The quantitative estimate of drug-likeness (QED) is 0.732. The molecule has 2 aromatic rings. The molecule has 2 spiro atoms. The highest BCUT2D eigenvalue weighted by Gasteiger charge is 2.68. The zero-order valence-electron chi connectivity index (χ0n) is 15.2. The van der Waals surface area contributed by atoms with Gasteiger partial charge in [-0.3, -0.25) is 0 Å². The maximum absolute atomic E-state index is 5.21. The number of hydrogen-bond donors (Lipinski definition) is 0. The second kappa shape index (κ2) is 4.56. The molecule has 2 aromatic carbocycles. The lowest BCUT2D eigenvalue weighted by molar-refractivity contribution is 0.372. The van der Waals surface area contributed by atoms with Crippen molar-refractivity contribution in [1.82, 2.24) is 9.80 Å². The van der Waals surface area contributed by atoms with Crippen LogP contribution in [0.5, 0.6) is 0 Å². The van der Waals surface area contributed by atoms with E-state index in [0.717, 1.165) is 37.3 Å². The van der Waals surface area contributed by atoms with Crippen LogP contribution >= 0.6 is 0 Å². The minimum absolute atomic E-state index is 0.103. The number of nitrogens with zero attached hydrogens (tertiary/aromatic N) is 4. The average Bonchev–Trinajstić information content (AvgIpc) is 3.18. The number of amidine groups is 2. The van der Waals surface area contributed by atoms with Gasteiger partial charge in [0.1, 0.15) is 11.7 Å². The van der Waals surface area contributed by atoms with Gasteiger partial charge in [-0.05, 0) is 36.1 Å². The molecule has 2 fully saturated rings. The largest absolute Gasteiger partial charge is 0.362 e. The topological polar surface area (TPSA) is 31.2 Å². The summed E-state index contributed by atoms with van der Waals surface area (Å²) in [6.07, 6.45) is 2.20. The first-order valence-corrected chi connectivity index (χ1v) is 9.48. The molecule has 0 radical (unpaired) electrons. The zero-order chi connectivity index (χ0) is 17.5. The summed E-state index contributed by atoms with van der Waals surface area (Å²) >= 11 is 0. The van der Waals surface area contributed by atoms with Crippen molar-refractivity contribution in [2.24, 2.45) is 9.98 Å². The normalized spacial score (nSPS) is 30.7. The zero-order valence-corrected chi connectivity index (χ0v) is 15.2. The van der Waals surface area contributed by atoms with E-state index in [2.05, 4.69) is 72.4 Å². The fraction of sp³-hybridized carbons (Fsp3) is 0.364. The maximum atomic E-state index is 5.21. The Morgan fingerprint density at radius 2 is 1.12 bits per heavy atom. The summed E-state index contributed by atoms with van der Waals surface area (Å²) in [5.74, 6) is 2.46. The van der Waals surface area contributed by atoms with Crippen LogP contribution in [0.4, 0.5) is 11.4 Å². The van der Waals surface area contributed by atoms with Gasteiger partial charge in [-0.25, -0.2) is 9.98 Å². The lowest BCUT2D eigenvalue weighted by Gasteiger charge is -2.52. The van der Waals surface area contributed by atoms with Crippen LogP contribution in [0, 0.1) is 0 Å². The summed E-state index contributed by atoms with van der Waals surface area (Å²) in [7, 11) is 4.39. The van der Waals surface area contributed by atoms with Crippen LogP contribution in [0.3, 0.4) is 0 Å². The van der Waals surface area contributed by atoms with E-state index in [1.165, 1.54) is 22.8 Å². The van der Waals surface area contributed by atoms with Crippen molar-refractivity contribution in [3.8, 4) is 0 Å². The molecule has 0 saturated carbocycles. The second-order valence-electron chi connectivity index (χ2n) is 8.06. The number of aliphatic imine (C=N–C) groups is 2. The monoisotopic (exact) mass is 342 g/mol. The maximum Gasteiger partial charge on any atom is 0.117 e. The molecule has 0 aliphatic carbocycles. The molecule has 0 unspecified atom stereocenters. The molecule has 0 N–H and O–H groups in total. The fourth-order valence-corrected chi connectivity index (χ4v) is 5.99. The summed E-state index contributed by atoms with van der Waals surface area (Å²) in [5.41, 5.74) is 4.75. The van der Waals surface area contributed by atoms with Gasteiger partial charge in [0.2, 0.25) is 0 Å². The molecule has 130 valence electrons. The minimum atomic E-state index is -0.103. The summed E-state index contributed by atoms with van der Waals surface area (Å²) in [6.45, 7) is 2.08. The standard InChI is InChI=1S/C22H22N4/c1-25-13-11-21-15-7-3-6-10-18(15)24-20-22(21,12-14-26(20)2)16-8-4-5-9-17(16)23-19(21)25/h3-10H,11-14H2,1-2H3/t21-,22-/m1/s1. The van der Waals surface area contributed by atoms with E-state index in [-0.39, 0.29) is 10.8 Å². The Morgan fingerprint density at radius 3 is 1.58 bits per heavy atom. The third kappa shape index (κ3) is 1.37. The molecule has 26 heavy (non-hydrogen) atoms. The number of likely N-dealkylation sites (tertiary alicyclic amines) is 2. The number of benzene rings is 2. The van der Waals surface area contributed by atoms with Crippen molar-refractivity contribution >= 4 is 23.0 Å². The van der Waals surface area contributed by atoms with E-state index in [0.29, 0.717) is 0 Å². The molecule has 2 saturated heterocycles. The van der Waals surface area contributed by atoms with Gasteiger partial charge in [-0.1, -0.05) is 36.4 Å². The first-order valence-electron chi connectivity index (χ1n) is 9.48. The van der Waals surface area contributed by atoms with E-state index in [9.17, 15) is 0 Å². The van der Waals surface area contributed by atoms with Crippen LogP contribution in [-0.2, 0) is 10.8 Å². The van der Waals surface area contributed by atoms with Crippen LogP contribution in [0.15, 0.2) is 58.5 Å². The Kier molecular flexibility index (Phi) is 2.55. The van der Waals surface area contributed by atoms with Gasteiger partial charge in [0, 0.05) is 27.2 Å². The van der Waals surface area contributed by atoms with Crippen LogP contribution < -0.4 is 0 Å². The van der Waals surface area contributed by atoms with Gasteiger partial charge in [0.15, 0.2) is 0 Å². The van der Waals surface area contributed by atoms with Crippen molar-refractivity contribution in [1.29, 1.82) is 0 Å². The van der Waals surface area contributed by atoms with Gasteiger partial charge < -0.3 is 9.80 Å². The smallest absolute Gasteiger partial charge is 0.117 e. The highest BCUT2D eigenvalue weighted by Crippen LogP contribution is 2.63. The molecule has 4 aliphatic heterocycles. The lowest BCUT2D eigenvalue weighted by atomic mass is 9.52. The van der Waals surface area contributed by atoms with Gasteiger partial charge in [-0.15, -0.1) is 0 Å². The molecule has 4 heteroatoms. The highest BCUT2D eigenvalue weighted by atomic mass is 15.3. The first kappa shape index (κ1) is 14.5. The number of rotatable bonds is 0. The lowest BCUT2D eigenvalue weighted by Crippen LogP contribution is -2.60. The van der Waals surface area contributed by atoms with Crippen molar-refractivity contribution in [3.05, 3.63) is 59.7 Å². The summed E-state index contributed by atoms with van der Waals surface area (Å²) in [6, 6.07) is 17.5. The van der Waals surface area contributed by atoms with Crippen LogP contribution in [-0.4, -0.2) is 48.7 Å². The van der Waals surface area contributed by atoms with E-state index in [1.807, 2.05) is 0 Å². The molecule has 6 rings (SSSR count). The molecule has 0 bridgehead atoms. The molecule has 0 aromatic heterocycles. The molecule has 2 atom stereocenters. The van der Waals surface area contributed by atoms with Crippen LogP contribution in [0.1, 0.15) is 24.0 Å². The van der Waals surface area contributed by atoms with E-state index in [1.54, 1.807) is 0 Å². The summed E-state index contributed by atoms with van der Waals surface area (Å²) in [4.78, 5) is 15.2. The number of hydrogen-bond acceptors (Lipinski definition) is 4. The number of para-hydroxylation sites is 2. The molecule has 0 amide bonds. The third-order valence-electron chi connectivity index (χ3n) is 7.04. The van der Waals surface area contributed by atoms with E-state index < -0.39 is 0 Å². The van der Waals surface area contributed by atoms with Crippen LogP contribution in [0.25, 0.3) is 0 Å². The predicted molar refractivity (Wildman–Crippen MR) is 105 cm³/mol. The molecule has 4 heterocycles. The fourth-order valence-electron chi connectivity index (χ4n) is 5.99. The number of fused-ring (bicyclic) bond motifs is 2. The van der Waals surface area contributed by atoms with Crippen molar-refractivity contribution in [2.45, 2.75) is 23.7 Å². The Hall–Kier alpha value is -2.62. The second-order valence-corrected chi connectivity index (χ2v) is 8.06. The van der Waals surface area contributed by atoms with Crippen molar-refractivity contribution in [3.63, 3.8) is 0 Å². The van der Waals surface area contributed by atoms with Crippen LogP contribution in [0.2, 0.25) is 0 Å². The third-order valence-corrected chi connectivity index (χ3v) is 7.04. The van der Waals surface area contributed by atoms with Crippen molar-refractivity contribution < 1.29 is 0 Å². The van der Waals surface area contributed by atoms with Gasteiger partial charge in [0.25, 0.3) is 0 Å². The predicted octanol–water partition coefficient (Wildman–Crippen LogP) is 3.62. The van der Waals surface area contributed by atoms with Gasteiger partial charge in [0.05, 0.1) is 22.2 Å². The Balaban J connectivity index is 1.81. The molecular formula is C22H22N4. The van der Waals surface area contributed by atoms with Gasteiger partial charge in [-0.2, -0.15) is 0 Å². The molecule has 4 aliphatic rings. The Morgan fingerprint density at radius 1 is 0.692 bits per heavy atom. The first-order chi connectivity index (χ1) is 12.7. The summed E-state index contributed by atoms with van der Waals surface area (Å²) < 4.78 is 0. The minimum Gasteiger partial charge on any atom is -0.362 e. The Bertz CT molecular complexity index is 925. The van der Waals surface area contributed by atoms with E-state index in [4.69, 9.17) is 9.98 Å². The van der Waals surface area contributed by atoms with Gasteiger partial charge >= 0.3 is 0 Å². The summed E-state index contributed by atoms with van der Waals surface area (Å²) in [5, 5.41) is 0. The average molecular weight is 342 g/mol. The van der Waals surface area contributed by atoms with E-state index >= 15 is 0 Å². The molecular weight excluding hydrogens is 320 g/mol.